The van der Waals surface area contributed by atoms with E-state index in [1.807, 2.05) is 61.5 Å². The number of aryl methyl sites for hydroxylation is 1. The largest absolute Gasteiger partial charge is 0.453 e. The predicted molar refractivity (Wildman–Crippen MR) is 127 cm³/mol. The first kappa shape index (κ1) is 20.0. The summed E-state index contributed by atoms with van der Waals surface area (Å²) in [6, 6.07) is 32.6. The zero-order valence-electron chi connectivity index (χ0n) is 17.4. The fourth-order valence-corrected chi connectivity index (χ4v) is 3.90. The molecule has 0 saturated heterocycles. The molecule has 1 aliphatic heterocycles. The lowest BCUT2D eigenvalue weighted by Crippen LogP contribution is -2.16. The minimum atomic E-state index is 0.672. The van der Waals surface area contributed by atoms with E-state index in [1.54, 1.807) is 0 Å². The highest BCUT2D eigenvalue weighted by Crippen LogP contribution is 2.52. The molecule has 150 valence electrons. The highest BCUT2D eigenvalue weighted by molar-refractivity contribution is 5.93. The molecular weight excluding hydrogens is 380 g/mol. The topological polar surface area (TPSA) is 36.3 Å². The Bertz CT molecular complexity index is 1240. The molecule has 3 nitrogen and oxygen atoms in total. The third kappa shape index (κ3) is 3.56. The van der Waals surface area contributed by atoms with Gasteiger partial charge in [0.2, 0.25) is 0 Å². The summed E-state index contributed by atoms with van der Waals surface area (Å²) in [6.07, 6.45) is 0. The van der Waals surface area contributed by atoms with Crippen molar-refractivity contribution in [1.82, 2.24) is 0 Å². The molecule has 1 heterocycles. The summed E-state index contributed by atoms with van der Waals surface area (Å²) in [5.41, 5.74) is 7.05. The number of anilines is 3. The van der Waals surface area contributed by atoms with Crippen LogP contribution in [0.25, 0.3) is 11.1 Å². The number of fused-ring (bicyclic) bond motifs is 2. The third-order valence-electron chi connectivity index (χ3n) is 5.22. The van der Waals surface area contributed by atoms with Crippen LogP contribution >= 0.6 is 0 Å². The second-order valence-corrected chi connectivity index (χ2v) is 7.03. The fraction of sp³-hybridized carbons (Fsp3) is 0.0357. The number of para-hydroxylation sites is 5. The van der Waals surface area contributed by atoms with Crippen LogP contribution in [0.3, 0.4) is 0 Å². The molecule has 0 amide bonds. The molecule has 0 bridgehead atoms. The molecule has 0 saturated carbocycles. The minimum Gasteiger partial charge on any atom is -0.453 e. The van der Waals surface area contributed by atoms with Crippen molar-refractivity contribution in [2.75, 3.05) is 4.90 Å². The molecule has 0 atom stereocenters. The molecule has 0 radical (unpaired) electrons. The predicted octanol–water partition coefficient (Wildman–Crippen LogP) is 7.91. The number of nitriles is 1. The van der Waals surface area contributed by atoms with E-state index < -0.39 is 0 Å². The van der Waals surface area contributed by atoms with E-state index in [-0.39, 0.29) is 0 Å². The highest BCUT2D eigenvalue weighted by Gasteiger charge is 2.27. The summed E-state index contributed by atoms with van der Waals surface area (Å²) >= 11 is 0. The van der Waals surface area contributed by atoms with Crippen molar-refractivity contribution in [1.29, 1.82) is 5.26 Å². The van der Waals surface area contributed by atoms with Crippen molar-refractivity contribution in [2.45, 2.75) is 6.92 Å². The van der Waals surface area contributed by atoms with Crippen molar-refractivity contribution < 1.29 is 4.74 Å². The molecule has 0 aliphatic carbocycles. The van der Waals surface area contributed by atoms with E-state index in [9.17, 15) is 5.26 Å². The van der Waals surface area contributed by atoms with E-state index >= 15 is 0 Å². The Hall–Kier alpha value is -4.29. The van der Waals surface area contributed by atoms with Crippen LogP contribution in [0.15, 0.2) is 104 Å². The maximum absolute atomic E-state index is 9.23. The maximum Gasteiger partial charge on any atom is 0.151 e. The van der Waals surface area contributed by atoms with Crippen LogP contribution in [0.1, 0.15) is 11.1 Å². The van der Waals surface area contributed by atoms with Crippen LogP contribution in [-0.4, -0.2) is 0 Å². The zero-order chi connectivity index (χ0) is 21.8. The van der Waals surface area contributed by atoms with E-state index in [0.29, 0.717) is 5.56 Å². The smallest absolute Gasteiger partial charge is 0.151 e. The molecular formula is C28H22N2O. The molecule has 3 heteroatoms. The van der Waals surface area contributed by atoms with Gasteiger partial charge in [-0.15, -0.1) is 13.2 Å². The lowest BCUT2D eigenvalue weighted by molar-refractivity contribution is 0.477. The van der Waals surface area contributed by atoms with Crippen molar-refractivity contribution in [3.05, 3.63) is 115 Å². The number of benzene rings is 4. The second-order valence-electron chi connectivity index (χ2n) is 7.03. The van der Waals surface area contributed by atoms with E-state index in [0.717, 1.165) is 45.3 Å². The monoisotopic (exact) mass is 402 g/mol. The molecule has 0 spiro atoms. The van der Waals surface area contributed by atoms with Gasteiger partial charge in [-0.2, -0.15) is 5.26 Å². The Morgan fingerprint density at radius 3 is 1.84 bits per heavy atom. The molecule has 0 N–H and O–H groups in total. The van der Waals surface area contributed by atoms with E-state index in [4.69, 9.17) is 4.74 Å². The van der Waals surface area contributed by atoms with Crippen LogP contribution in [0.5, 0.6) is 11.5 Å². The number of hydrogen-bond donors (Lipinski definition) is 0. The lowest BCUT2D eigenvalue weighted by Gasteiger charge is -2.34. The van der Waals surface area contributed by atoms with Crippen molar-refractivity contribution in [3.8, 4) is 28.7 Å². The SMILES string of the molecule is C=C.Cc1cc(C#N)ccc1-c1ccccc1N1c2ccccc2Oc2ccccc21. The Balaban J connectivity index is 0.00000112. The highest BCUT2D eigenvalue weighted by atomic mass is 16.5. The van der Waals surface area contributed by atoms with Gasteiger partial charge in [0.15, 0.2) is 11.5 Å². The van der Waals surface area contributed by atoms with Gasteiger partial charge in [0.25, 0.3) is 0 Å². The van der Waals surface area contributed by atoms with Gasteiger partial charge in [-0.25, -0.2) is 0 Å². The van der Waals surface area contributed by atoms with Gasteiger partial charge in [0.1, 0.15) is 0 Å². The second kappa shape index (κ2) is 8.61. The van der Waals surface area contributed by atoms with Crippen molar-refractivity contribution >= 4 is 17.1 Å². The maximum atomic E-state index is 9.23. The van der Waals surface area contributed by atoms with Gasteiger partial charge < -0.3 is 9.64 Å². The number of hydrogen-bond acceptors (Lipinski definition) is 3. The van der Waals surface area contributed by atoms with E-state index in [2.05, 4.69) is 60.5 Å². The summed E-state index contributed by atoms with van der Waals surface area (Å²) in [5, 5.41) is 9.23. The molecule has 4 aromatic rings. The lowest BCUT2D eigenvalue weighted by atomic mass is 9.96. The summed E-state index contributed by atoms with van der Waals surface area (Å²) in [6.45, 7) is 8.05. The van der Waals surface area contributed by atoms with Crippen LogP contribution < -0.4 is 9.64 Å². The quantitative estimate of drug-likeness (QED) is 0.281. The van der Waals surface area contributed by atoms with Gasteiger partial charge in [-0.05, 0) is 60.5 Å². The average molecular weight is 402 g/mol. The van der Waals surface area contributed by atoms with Gasteiger partial charge >= 0.3 is 0 Å². The van der Waals surface area contributed by atoms with Gasteiger partial charge in [0.05, 0.1) is 28.7 Å². The number of nitrogens with zero attached hydrogens (tertiary/aromatic N) is 2. The standard InChI is InChI=1S/C26H18N2O.C2H4/c1-18-16-19(17-27)14-15-20(18)21-8-2-3-9-22(21)28-23-10-4-6-12-25(23)29-26-13-7-5-11-24(26)28;1-2/h2-16H,1H3;1-2H2. The van der Waals surface area contributed by atoms with Gasteiger partial charge in [0, 0.05) is 5.56 Å². The molecule has 0 fully saturated rings. The Labute approximate surface area is 183 Å². The van der Waals surface area contributed by atoms with Gasteiger partial charge in [-0.3, -0.25) is 0 Å². The summed E-state index contributed by atoms with van der Waals surface area (Å²) in [5.74, 6) is 1.66. The number of ether oxygens (including phenoxy) is 1. The molecule has 1 aliphatic rings. The first-order chi connectivity index (χ1) is 15.3. The first-order valence-electron chi connectivity index (χ1n) is 10.0. The summed E-state index contributed by atoms with van der Waals surface area (Å²) < 4.78 is 6.15. The molecule has 5 rings (SSSR count). The van der Waals surface area contributed by atoms with Crippen molar-refractivity contribution in [2.24, 2.45) is 0 Å². The normalized spacial score (nSPS) is 11.2. The Morgan fingerprint density at radius 2 is 1.26 bits per heavy atom. The summed E-state index contributed by atoms with van der Waals surface area (Å²) in [4.78, 5) is 2.25. The third-order valence-corrected chi connectivity index (χ3v) is 5.22. The molecule has 4 aromatic carbocycles. The molecule has 0 aromatic heterocycles. The van der Waals surface area contributed by atoms with E-state index in [1.165, 1.54) is 0 Å². The zero-order valence-corrected chi connectivity index (χ0v) is 17.4. The Morgan fingerprint density at radius 1 is 0.710 bits per heavy atom. The minimum absolute atomic E-state index is 0.672. The van der Waals surface area contributed by atoms with Crippen LogP contribution in [0.2, 0.25) is 0 Å². The summed E-state index contributed by atoms with van der Waals surface area (Å²) in [7, 11) is 0. The van der Waals surface area contributed by atoms with Gasteiger partial charge in [-0.1, -0.05) is 48.5 Å². The van der Waals surface area contributed by atoms with Crippen LogP contribution in [0, 0.1) is 18.3 Å². The van der Waals surface area contributed by atoms with Crippen LogP contribution in [-0.2, 0) is 0 Å². The van der Waals surface area contributed by atoms with Crippen LogP contribution in [0.4, 0.5) is 17.1 Å². The fourth-order valence-electron chi connectivity index (χ4n) is 3.90. The Kier molecular flexibility index (Phi) is 5.55. The molecule has 31 heavy (non-hydrogen) atoms. The average Bonchev–Trinajstić information content (AvgIpc) is 2.84. The van der Waals surface area contributed by atoms with Crippen molar-refractivity contribution in [3.63, 3.8) is 0 Å². The molecule has 0 unspecified atom stereocenters. The number of rotatable bonds is 2. The first-order valence-corrected chi connectivity index (χ1v) is 10.0.